The van der Waals surface area contributed by atoms with Gasteiger partial charge in [0.15, 0.2) is 0 Å². The van der Waals surface area contributed by atoms with E-state index in [0.29, 0.717) is 23.4 Å². The molecule has 0 aliphatic heterocycles. The number of ether oxygens (including phenoxy) is 1. The monoisotopic (exact) mass is 297 g/mol. The molecule has 0 aromatic heterocycles. The highest BCUT2D eigenvalue weighted by Crippen LogP contribution is 2.13. The molecule has 4 nitrogen and oxygen atoms in total. The van der Waals surface area contributed by atoms with Crippen LogP contribution in [0.3, 0.4) is 0 Å². The first-order chi connectivity index (χ1) is 10.6. The first-order valence-corrected chi connectivity index (χ1v) is 7.31. The van der Waals surface area contributed by atoms with Crippen LogP contribution in [0.2, 0.25) is 0 Å². The lowest BCUT2D eigenvalue weighted by atomic mass is 10.1. The van der Waals surface area contributed by atoms with E-state index in [9.17, 15) is 9.59 Å². The van der Waals surface area contributed by atoms with Crippen molar-refractivity contribution in [2.75, 3.05) is 11.9 Å². The van der Waals surface area contributed by atoms with Gasteiger partial charge in [-0.05, 0) is 55.3 Å². The predicted molar refractivity (Wildman–Crippen MR) is 86.2 cm³/mol. The van der Waals surface area contributed by atoms with Crippen LogP contribution in [-0.2, 0) is 11.2 Å². The van der Waals surface area contributed by atoms with Crippen LogP contribution in [0.15, 0.2) is 48.5 Å². The summed E-state index contributed by atoms with van der Waals surface area (Å²) in [6, 6.07) is 14.1. The van der Waals surface area contributed by atoms with Crippen LogP contribution in [0.5, 0.6) is 0 Å². The van der Waals surface area contributed by atoms with Crippen molar-refractivity contribution in [1.29, 1.82) is 0 Å². The van der Waals surface area contributed by atoms with Crippen molar-refractivity contribution < 1.29 is 14.3 Å². The molecule has 22 heavy (non-hydrogen) atoms. The molecule has 4 heteroatoms. The van der Waals surface area contributed by atoms with E-state index in [1.807, 2.05) is 12.1 Å². The summed E-state index contributed by atoms with van der Waals surface area (Å²) in [7, 11) is 0. The average Bonchev–Trinajstić information content (AvgIpc) is 2.55. The van der Waals surface area contributed by atoms with E-state index in [1.54, 1.807) is 43.3 Å². The lowest BCUT2D eigenvalue weighted by Crippen LogP contribution is -2.12. The molecule has 2 aromatic rings. The molecule has 0 spiro atoms. The molecule has 0 radical (unpaired) electrons. The summed E-state index contributed by atoms with van der Waals surface area (Å²) in [4.78, 5) is 23.7. The lowest BCUT2D eigenvalue weighted by molar-refractivity contribution is 0.0526. The van der Waals surface area contributed by atoms with Gasteiger partial charge in [0.1, 0.15) is 0 Å². The van der Waals surface area contributed by atoms with E-state index in [1.165, 1.54) is 5.56 Å². The Balaban J connectivity index is 2.03. The van der Waals surface area contributed by atoms with Crippen molar-refractivity contribution in [3.8, 4) is 0 Å². The number of anilines is 1. The van der Waals surface area contributed by atoms with Crippen molar-refractivity contribution in [1.82, 2.24) is 0 Å². The SMILES string of the molecule is CCOC(=O)c1ccc(NC(=O)c2ccc(CC)cc2)cc1. The molecule has 0 atom stereocenters. The van der Waals surface area contributed by atoms with Crippen LogP contribution in [0.4, 0.5) is 5.69 Å². The zero-order chi connectivity index (χ0) is 15.9. The molecule has 0 heterocycles. The Bertz CT molecular complexity index is 645. The van der Waals surface area contributed by atoms with Crippen molar-refractivity contribution in [2.24, 2.45) is 0 Å². The van der Waals surface area contributed by atoms with Crippen molar-refractivity contribution in [3.63, 3.8) is 0 Å². The fraction of sp³-hybridized carbons (Fsp3) is 0.222. The highest BCUT2D eigenvalue weighted by molar-refractivity contribution is 6.04. The Morgan fingerprint density at radius 2 is 1.50 bits per heavy atom. The highest BCUT2D eigenvalue weighted by Gasteiger charge is 2.08. The zero-order valence-electron chi connectivity index (χ0n) is 12.8. The molecule has 0 fully saturated rings. The number of nitrogens with one attached hydrogen (secondary N) is 1. The topological polar surface area (TPSA) is 55.4 Å². The Kier molecular flexibility index (Phi) is 5.31. The predicted octanol–water partition coefficient (Wildman–Crippen LogP) is 3.68. The van der Waals surface area contributed by atoms with Gasteiger partial charge in [-0.25, -0.2) is 4.79 Å². The van der Waals surface area contributed by atoms with E-state index in [0.717, 1.165) is 6.42 Å². The third kappa shape index (κ3) is 3.95. The summed E-state index contributed by atoms with van der Waals surface area (Å²) in [5.41, 5.74) is 2.90. The molecule has 0 saturated heterocycles. The van der Waals surface area contributed by atoms with Crippen molar-refractivity contribution in [3.05, 3.63) is 65.2 Å². The van der Waals surface area contributed by atoms with E-state index >= 15 is 0 Å². The molecular weight excluding hydrogens is 278 g/mol. The van der Waals surface area contributed by atoms with E-state index < -0.39 is 0 Å². The summed E-state index contributed by atoms with van der Waals surface area (Å²) in [5.74, 6) is -0.540. The number of amides is 1. The fourth-order valence-electron chi connectivity index (χ4n) is 2.00. The number of esters is 1. The first-order valence-electron chi connectivity index (χ1n) is 7.31. The van der Waals surface area contributed by atoms with Gasteiger partial charge in [0.2, 0.25) is 0 Å². The summed E-state index contributed by atoms with van der Waals surface area (Å²) >= 11 is 0. The minimum absolute atomic E-state index is 0.175. The molecule has 2 rings (SSSR count). The quantitative estimate of drug-likeness (QED) is 0.857. The Morgan fingerprint density at radius 3 is 2.05 bits per heavy atom. The third-order valence-electron chi connectivity index (χ3n) is 3.28. The number of carbonyl (C=O) groups is 2. The van der Waals surface area contributed by atoms with Crippen molar-refractivity contribution in [2.45, 2.75) is 20.3 Å². The van der Waals surface area contributed by atoms with Gasteiger partial charge in [0.25, 0.3) is 5.91 Å². The number of aryl methyl sites for hydroxylation is 1. The van der Waals surface area contributed by atoms with Crippen LogP contribution in [0.25, 0.3) is 0 Å². The molecule has 2 aromatic carbocycles. The molecule has 114 valence electrons. The zero-order valence-corrected chi connectivity index (χ0v) is 12.8. The van der Waals surface area contributed by atoms with Gasteiger partial charge in [-0.3, -0.25) is 4.79 Å². The number of benzene rings is 2. The third-order valence-corrected chi connectivity index (χ3v) is 3.28. The Hall–Kier alpha value is -2.62. The first kappa shape index (κ1) is 15.8. The molecule has 0 bridgehead atoms. The second-order valence-corrected chi connectivity index (χ2v) is 4.80. The minimum Gasteiger partial charge on any atom is -0.462 e. The second kappa shape index (κ2) is 7.41. The number of hydrogen-bond acceptors (Lipinski definition) is 3. The lowest BCUT2D eigenvalue weighted by Gasteiger charge is -2.07. The summed E-state index contributed by atoms with van der Waals surface area (Å²) in [5, 5.41) is 2.80. The molecule has 0 saturated carbocycles. The van der Waals surface area contributed by atoms with E-state index in [4.69, 9.17) is 4.74 Å². The van der Waals surface area contributed by atoms with Gasteiger partial charge in [-0.2, -0.15) is 0 Å². The van der Waals surface area contributed by atoms with Gasteiger partial charge in [-0.1, -0.05) is 19.1 Å². The standard InChI is InChI=1S/C18H19NO3/c1-3-13-5-7-14(8-6-13)17(20)19-16-11-9-15(10-12-16)18(21)22-4-2/h5-12H,3-4H2,1-2H3,(H,19,20). The average molecular weight is 297 g/mol. The van der Waals surface area contributed by atoms with E-state index in [2.05, 4.69) is 12.2 Å². The largest absolute Gasteiger partial charge is 0.462 e. The Labute approximate surface area is 130 Å². The molecule has 0 aliphatic rings. The smallest absolute Gasteiger partial charge is 0.338 e. The fourth-order valence-corrected chi connectivity index (χ4v) is 2.00. The van der Waals surface area contributed by atoms with Crippen LogP contribution in [-0.4, -0.2) is 18.5 Å². The molecular formula is C18H19NO3. The maximum absolute atomic E-state index is 12.1. The van der Waals surface area contributed by atoms with Crippen LogP contribution >= 0.6 is 0 Å². The molecule has 0 unspecified atom stereocenters. The van der Waals surface area contributed by atoms with Gasteiger partial charge in [-0.15, -0.1) is 0 Å². The minimum atomic E-state index is -0.365. The normalized spacial score (nSPS) is 10.1. The van der Waals surface area contributed by atoms with Crippen molar-refractivity contribution >= 4 is 17.6 Å². The molecule has 1 amide bonds. The second-order valence-electron chi connectivity index (χ2n) is 4.80. The van der Waals surface area contributed by atoms with Gasteiger partial charge >= 0.3 is 5.97 Å². The van der Waals surface area contributed by atoms with Crippen LogP contribution in [0, 0.1) is 0 Å². The van der Waals surface area contributed by atoms with Crippen LogP contribution in [0.1, 0.15) is 40.1 Å². The number of hydrogen-bond donors (Lipinski definition) is 1. The maximum Gasteiger partial charge on any atom is 0.338 e. The van der Waals surface area contributed by atoms with Gasteiger partial charge in [0, 0.05) is 11.3 Å². The summed E-state index contributed by atoms with van der Waals surface area (Å²) in [6.07, 6.45) is 0.942. The number of rotatable bonds is 5. The van der Waals surface area contributed by atoms with E-state index in [-0.39, 0.29) is 11.9 Å². The summed E-state index contributed by atoms with van der Waals surface area (Å²) < 4.78 is 4.91. The van der Waals surface area contributed by atoms with Gasteiger partial charge < -0.3 is 10.1 Å². The molecule has 1 N–H and O–H groups in total. The maximum atomic E-state index is 12.1. The summed E-state index contributed by atoms with van der Waals surface area (Å²) in [6.45, 7) is 4.17. The van der Waals surface area contributed by atoms with Gasteiger partial charge in [0.05, 0.1) is 12.2 Å². The number of carbonyl (C=O) groups excluding carboxylic acids is 2. The Morgan fingerprint density at radius 1 is 0.909 bits per heavy atom. The highest BCUT2D eigenvalue weighted by atomic mass is 16.5. The van der Waals surface area contributed by atoms with Crippen LogP contribution < -0.4 is 5.32 Å². The molecule has 0 aliphatic carbocycles.